The lowest BCUT2D eigenvalue weighted by molar-refractivity contribution is 0.0782. The predicted octanol–water partition coefficient (Wildman–Crippen LogP) is 2.11. The minimum Gasteiger partial charge on any atom is -0.347 e. The third-order valence-electron chi connectivity index (χ3n) is 5.70. The normalized spacial score (nSPS) is 20.7. The van der Waals surface area contributed by atoms with E-state index in [2.05, 4.69) is 26.2 Å². The molecule has 1 amide bonds. The second-order valence-corrected chi connectivity index (χ2v) is 8.47. The van der Waals surface area contributed by atoms with Gasteiger partial charge in [-0.3, -0.25) is 4.79 Å². The van der Waals surface area contributed by atoms with E-state index in [0.717, 1.165) is 37.0 Å². The monoisotopic (exact) mass is 405 g/mol. The Bertz CT molecular complexity index is 1090. The fraction of sp³-hybridized carbons (Fsp3) is 0.350. The molecule has 0 N–H and O–H groups in total. The molecule has 9 heteroatoms. The number of carbonyl (C=O) groups is 1. The van der Waals surface area contributed by atoms with Gasteiger partial charge in [-0.15, -0.1) is 0 Å². The van der Waals surface area contributed by atoms with E-state index in [-0.39, 0.29) is 5.91 Å². The van der Waals surface area contributed by atoms with E-state index in [0.29, 0.717) is 28.0 Å². The number of fused-ring (bicyclic) bond motifs is 1. The van der Waals surface area contributed by atoms with Gasteiger partial charge in [-0.2, -0.15) is 20.3 Å². The first-order valence-electron chi connectivity index (χ1n) is 9.51. The first-order chi connectivity index (χ1) is 14.1. The summed E-state index contributed by atoms with van der Waals surface area (Å²) in [6, 6.07) is 9.67. The van der Waals surface area contributed by atoms with Crippen molar-refractivity contribution in [2.45, 2.75) is 6.92 Å². The van der Waals surface area contributed by atoms with Crippen molar-refractivity contribution in [1.29, 1.82) is 5.26 Å². The molecule has 5 rings (SSSR count). The summed E-state index contributed by atoms with van der Waals surface area (Å²) in [5.41, 5.74) is 2.11. The van der Waals surface area contributed by atoms with Gasteiger partial charge < -0.3 is 9.80 Å². The van der Waals surface area contributed by atoms with Crippen LogP contribution in [0.1, 0.15) is 20.9 Å². The van der Waals surface area contributed by atoms with Crippen molar-refractivity contribution < 1.29 is 4.79 Å². The molecule has 2 aliphatic heterocycles. The Hall–Kier alpha value is -3.25. The molecule has 2 unspecified atom stereocenters. The van der Waals surface area contributed by atoms with Crippen LogP contribution >= 0.6 is 11.3 Å². The molecule has 8 nitrogen and oxygen atoms in total. The maximum Gasteiger partial charge on any atom is 0.256 e. The van der Waals surface area contributed by atoms with E-state index in [1.165, 1.54) is 16.1 Å². The Morgan fingerprint density at radius 3 is 2.48 bits per heavy atom. The molecule has 2 aromatic heterocycles. The number of benzene rings is 1. The Kier molecular flexibility index (Phi) is 4.28. The van der Waals surface area contributed by atoms with Crippen LogP contribution in [0, 0.1) is 30.1 Å². The molecule has 1 aromatic carbocycles. The van der Waals surface area contributed by atoms with Crippen LogP contribution in [-0.4, -0.2) is 57.0 Å². The third-order valence-corrected chi connectivity index (χ3v) is 6.82. The number of aryl methyl sites for hydroxylation is 1. The first-order valence-corrected chi connectivity index (χ1v) is 10.3. The summed E-state index contributed by atoms with van der Waals surface area (Å²) in [5, 5.41) is 18.4. The van der Waals surface area contributed by atoms with Gasteiger partial charge in [0.25, 0.3) is 5.91 Å². The molecule has 2 saturated heterocycles. The highest BCUT2D eigenvalue weighted by molar-refractivity contribution is 7.16. The SMILES string of the molecule is Cc1nc(N2CC3CN(C(=O)c4ccccc4-n4nccn4)CC3C2)sc1C#N. The second-order valence-electron chi connectivity index (χ2n) is 7.49. The van der Waals surface area contributed by atoms with E-state index in [1.54, 1.807) is 12.4 Å². The number of amides is 1. The highest BCUT2D eigenvalue weighted by atomic mass is 32.1. The highest BCUT2D eigenvalue weighted by Gasteiger charge is 2.43. The zero-order valence-electron chi connectivity index (χ0n) is 15.9. The molecule has 0 bridgehead atoms. The van der Waals surface area contributed by atoms with Crippen LogP contribution in [0.15, 0.2) is 36.7 Å². The van der Waals surface area contributed by atoms with Crippen LogP contribution in [0.25, 0.3) is 5.69 Å². The highest BCUT2D eigenvalue weighted by Crippen LogP contribution is 2.37. The molecule has 0 saturated carbocycles. The Morgan fingerprint density at radius 2 is 1.83 bits per heavy atom. The van der Waals surface area contributed by atoms with E-state index >= 15 is 0 Å². The predicted molar refractivity (Wildman–Crippen MR) is 108 cm³/mol. The van der Waals surface area contributed by atoms with Crippen LogP contribution in [0.2, 0.25) is 0 Å². The largest absolute Gasteiger partial charge is 0.347 e. The maximum atomic E-state index is 13.2. The standard InChI is InChI=1S/C20H19N7OS/c1-13-18(8-21)29-20(24-13)26-11-14-9-25(10-15(14)12-26)19(28)16-4-2-3-5-17(16)27-22-6-7-23-27/h2-7,14-15H,9-12H2,1H3. The molecule has 146 valence electrons. The smallest absolute Gasteiger partial charge is 0.256 e. The van der Waals surface area contributed by atoms with Crippen molar-refractivity contribution >= 4 is 22.4 Å². The van der Waals surface area contributed by atoms with E-state index in [1.807, 2.05) is 36.1 Å². The summed E-state index contributed by atoms with van der Waals surface area (Å²) in [4.78, 5) is 24.2. The lowest BCUT2D eigenvalue weighted by Crippen LogP contribution is -2.33. The van der Waals surface area contributed by atoms with Gasteiger partial charge in [-0.1, -0.05) is 23.5 Å². The number of para-hydroxylation sites is 1. The fourth-order valence-electron chi connectivity index (χ4n) is 4.28. The fourth-order valence-corrected chi connectivity index (χ4v) is 5.16. The quantitative estimate of drug-likeness (QED) is 0.663. The minimum atomic E-state index is 0.0238. The summed E-state index contributed by atoms with van der Waals surface area (Å²) >= 11 is 1.46. The molecule has 0 spiro atoms. The van der Waals surface area contributed by atoms with Gasteiger partial charge in [0.1, 0.15) is 10.9 Å². The Labute approximate surface area is 172 Å². The third kappa shape index (κ3) is 3.06. The molecule has 2 aliphatic rings. The van der Waals surface area contributed by atoms with Crippen molar-refractivity contribution in [2.75, 3.05) is 31.1 Å². The van der Waals surface area contributed by atoms with Gasteiger partial charge in [0.2, 0.25) is 0 Å². The molecule has 2 atom stereocenters. The number of aromatic nitrogens is 4. The number of likely N-dealkylation sites (tertiary alicyclic amines) is 1. The van der Waals surface area contributed by atoms with Gasteiger partial charge in [0.15, 0.2) is 5.13 Å². The van der Waals surface area contributed by atoms with Crippen LogP contribution in [0.3, 0.4) is 0 Å². The van der Waals surface area contributed by atoms with Gasteiger partial charge in [-0.25, -0.2) is 4.98 Å². The maximum absolute atomic E-state index is 13.2. The number of hydrogen-bond donors (Lipinski definition) is 0. The molecule has 3 aromatic rings. The summed E-state index contributed by atoms with van der Waals surface area (Å²) in [6.07, 6.45) is 3.21. The molecular formula is C20H19N7OS. The Morgan fingerprint density at radius 1 is 1.14 bits per heavy atom. The van der Waals surface area contributed by atoms with Gasteiger partial charge in [0.05, 0.1) is 29.3 Å². The topological polar surface area (TPSA) is 90.9 Å². The zero-order chi connectivity index (χ0) is 20.0. The number of hydrogen-bond acceptors (Lipinski definition) is 7. The summed E-state index contributed by atoms with van der Waals surface area (Å²) in [5.74, 6) is 0.864. The molecule has 0 aliphatic carbocycles. The summed E-state index contributed by atoms with van der Waals surface area (Å²) in [7, 11) is 0. The van der Waals surface area contributed by atoms with E-state index < -0.39 is 0 Å². The van der Waals surface area contributed by atoms with Crippen LogP contribution in [0.4, 0.5) is 5.13 Å². The van der Waals surface area contributed by atoms with Crippen LogP contribution in [0.5, 0.6) is 0 Å². The van der Waals surface area contributed by atoms with Crippen LogP contribution in [-0.2, 0) is 0 Å². The lowest BCUT2D eigenvalue weighted by atomic mass is 10.0. The Balaban J connectivity index is 1.31. The number of carbonyl (C=O) groups excluding carboxylic acids is 1. The zero-order valence-corrected chi connectivity index (χ0v) is 16.7. The van der Waals surface area contributed by atoms with E-state index in [4.69, 9.17) is 0 Å². The number of nitrogens with zero attached hydrogens (tertiary/aromatic N) is 7. The molecule has 0 radical (unpaired) electrons. The van der Waals surface area contributed by atoms with Crippen molar-refractivity contribution in [3.05, 3.63) is 52.8 Å². The van der Waals surface area contributed by atoms with Crippen molar-refractivity contribution in [2.24, 2.45) is 11.8 Å². The molecule has 29 heavy (non-hydrogen) atoms. The molecule has 4 heterocycles. The van der Waals surface area contributed by atoms with Crippen LogP contribution < -0.4 is 4.90 Å². The second kappa shape index (κ2) is 6.97. The van der Waals surface area contributed by atoms with Crippen molar-refractivity contribution in [1.82, 2.24) is 24.9 Å². The first kappa shape index (κ1) is 17.8. The van der Waals surface area contributed by atoms with Gasteiger partial charge >= 0.3 is 0 Å². The minimum absolute atomic E-state index is 0.0238. The number of thiazole rings is 1. The molecule has 2 fully saturated rings. The number of rotatable bonds is 3. The summed E-state index contributed by atoms with van der Waals surface area (Å²) < 4.78 is 0. The number of anilines is 1. The lowest BCUT2D eigenvalue weighted by Gasteiger charge is -2.22. The average molecular weight is 405 g/mol. The average Bonchev–Trinajstić information content (AvgIpc) is 3.50. The molecular weight excluding hydrogens is 386 g/mol. The summed E-state index contributed by atoms with van der Waals surface area (Å²) in [6.45, 7) is 5.08. The van der Waals surface area contributed by atoms with E-state index in [9.17, 15) is 10.1 Å². The van der Waals surface area contributed by atoms with Gasteiger partial charge in [0, 0.05) is 38.0 Å². The van der Waals surface area contributed by atoms with Crippen molar-refractivity contribution in [3.8, 4) is 11.8 Å². The van der Waals surface area contributed by atoms with Crippen molar-refractivity contribution in [3.63, 3.8) is 0 Å². The van der Waals surface area contributed by atoms with Gasteiger partial charge in [-0.05, 0) is 19.1 Å². The number of nitriles is 1.